The third-order valence-electron chi connectivity index (χ3n) is 5.33. The van der Waals surface area contributed by atoms with Crippen molar-refractivity contribution < 1.29 is 14.0 Å². The molecule has 2 amide bonds. The van der Waals surface area contributed by atoms with E-state index in [9.17, 15) is 14.0 Å². The van der Waals surface area contributed by atoms with Crippen molar-refractivity contribution in [2.75, 3.05) is 38.0 Å². The molecule has 1 N–H and O–H groups in total. The molecule has 1 fully saturated rings. The van der Waals surface area contributed by atoms with Crippen LogP contribution >= 0.6 is 0 Å². The second-order valence-corrected chi connectivity index (χ2v) is 7.56. The molecule has 0 bridgehead atoms. The Morgan fingerprint density at radius 2 is 1.77 bits per heavy atom. The Balaban J connectivity index is 1.28. The van der Waals surface area contributed by atoms with Gasteiger partial charge in [0.1, 0.15) is 5.82 Å². The first kappa shape index (κ1) is 20.7. The molecule has 160 valence electrons. The second kappa shape index (κ2) is 9.09. The lowest BCUT2D eigenvalue weighted by atomic mass is 10.1. The quantitative estimate of drug-likeness (QED) is 0.688. The normalized spacial score (nSPS) is 14.5. The van der Waals surface area contributed by atoms with E-state index in [0.29, 0.717) is 37.4 Å². The number of carbonyl (C=O) groups is 2. The smallest absolute Gasteiger partial charge is 0.253 e. The van der Waals surface area contributed by atoms with Crippen molar-refractivity contribution >= 4 is 17.5 Å². The number of nitrogens with zero attached hydrogens (tertiary/aromatic N) is 4. The van der Waals surface area contributed by atoms with Gasteiger partial charge in [0.25, 0.3) is 5.91 Å². The van der Waals surface area contributed by atoms with Gasteiger partial charge in [0.05, 0.1) is 12.2 Å². The Hall–Kier alpha value is -3.52. The molecule has 7 nitrogen and oxygen atoms in total. The van der Waals surface area contributed by atoms with Crippen molar-refractivity contribution in [2.24, 2.45) is 0 Å². The highest BCUT2D eigenvalue weighted by Gasteiger charge is 2.23. The van der Waals surface area contributed by atoms with Gasteiger partial charge in [-0.05, 0) is 55.5 Å². The van der Waals surface area contributed by atoms with Crippen LogP contribution in [0.25, 0.3) is 5.69 Å². The standard InChI is InChI=1S/C23H24FN5O2/c1-17-9-10-25-29(17)21-7-5-18(6-8-21)23(31)28-13-11-27(12-14-28)16-22(30)26-20-4-2-3-19(24)15-20/h2-10,15H,11-14,16H2,1H3,(H,26,30). The average Bonchev–Trinajstić information content (AvgIpc) is 3.20. The van der Waals surface area contributed by atoms with E-state index in [4.69, 9.17) is 0 Å². The van der Waals surface area contributed by atoms with E-state index < -0.39 is 5.82 Å². The van der Waals surface area contributed by atoms with Gasteiger partial charge in [0.2, 0.25) is 5.91 Å². The third kappa shape index (κ3) is 4.97. The Bertz CT molecular complexity index is 1070. The van der Waals surface area contributed by atoms with E-state index in [0.717, 1.165) is 11.4 Å². The van der Waals surface area contributed by atoms with Crippen LogP contribution in [0.4, 0.5) is 10.1 Å². The number of halogens is 1. The summed E-state index contributed by atoms with van der Waals surface area (Å²) in [6, 6.07) is 15.2. The molecule has 1 aliphatic heterocycles. The summed E-state index contributed by atoms with van der Waals surface area (Å²) in [7, 11) is 0. The van der Waals surface area contributed by atoms with Gasteiger partial charge in [0, 0.05) is 49.3 Å². The molecular formula is C23H24FN5O2. The summed E-state index contributed by atoms with van der Waals surface area (Å²) in [4.78, 5) is 28.8. The summed E-state index contributed by atoms with van der Waals surface area (Å²) in [6.45, 7) is 4.48. The molecule has 1 saturated heterocycles. The topological polar surface area (TPSA) is 70.5 Å². The number of hydrogen-bond donors (Lipinski definition) is 1. The van der Waals surface area contributed by atoms with Crippen LogP contribution in [0.2, 0.25) is 0 Å². The Morgan fingerprint density at radius 3 is 2.42 bits per heavy atom. The number of aromatic nitrogens is 2. The molecule has 0 unspecified atom stereocenters. The van der Waals surface area contributed by atoms with Gasteiger partial charge >= 0.3 is 0 Å². The predicted molar refractivity (Wildman–Crippen MR) is 116 cm³/mol. The molecule has 0 aliphatic carbocycles. The van der Waals surface area contributed by atoms with Crippen LogP contribution in [-0.4, -0.2) is 64.1 Å². The van der Waals surface area contributed by atoms with Gasteiger partial charge in [0.15, 0.2) is 0 Å². The fraction of sp³-hybridized carbons (Fsp3) is 0.261. The largest absolute Gasteiger partial charge is 0.336 e. The molecule has 8 heteroatoms. The number of benzene rings is 2. The molecule has 0 saturated carbocycles. The molecular weight excluding hydrogens is 397 g/mol. The van der Waals surface area contributed by atoms with Crippen LogP contribution in [0, 0.1) is 12.7 Å². The van der Waals surface area contributed by atoms with Crippen LogP contribution in [0.3, 0.4) is 0 Å². The molecule has 3 aromatic rings. The number of piperazine rings is 1. The molecule has 0 atom stereocenters. The number of aryl methyl sites for hydroxylation is 1. The van der Waals surface area contributed by atoms with Crippen LogP contribution in [0.15, 0.2) is 60.8 Å². The van der Waals surface area contributed by atoms with Crippen LogP contribution in [-0.2, 0) is 4.79 Å². The molecule has 1 aliphatic rings. The summed E-state index contributed by atoms with van der Waals surface area (Å²) in [5.74, 6) is -0.611. The summed E-state index contributed by atoms with van der Waals surface area (Å²) < 4.78 is 15.1. The van der Waals surface area contributed by atoms with Crippen LogP contribution in [0.1, 0.15) is 16.1 Å². The van der Waals surface area contributed by atoms with Gasteiger partial charge in [-0.1, -0.05) is 6.07 Å². The van der Waals surface area contributed by atoms with E-state index in [1.807, 2.05) is 46.8 Å². The zero-order valence-electron chi connectivity index (χ0n) is 17.3. The first-order chi connectivity index (χ1) is 15.0. The summed E-state index contributed by atoms with van der Waals surface area (Å²) in [5.41, 5.74) is 3.00. The molecule has 2 aromatic carbocycles. The number of anilines is 1. The lowest BCUT2D eigenvalue weighted by Crippen LogP contribution is -2.50. The molecule has 0 spiro atoms. The van der Waals surface area contributed by atoms with E-state index in [1.54, 1.807) is 23.2 Å². The first-order valence-electron chi connectivity index (χ1n) is 10.2. The van der Waals surface area contributed by atoms with Gasteiger partial charge in [-0.25, -0.2) is 9.07 Å². The Kier molecular flexibility index (Phi) is 6.08. The number of nitrogens with one attached hydrogen (secondary N) is 1. The van der Waals surface area contributed by atoms with E-state index in [-0.39, 0.29) is 18.4 Å². The molecule has 31 heavy (non-hydrogen) atoms. The molecule has 1 aromatic heterocycles. The third-order valence-corrected chi connectivity index (χ3v) is 5.33. The minimum absolute atomic E-state index is 0.0207. The maximum absolute atomic E-state index is 13.2. The van der Waals surface area contributed by atoms with E-state index in [1.165, 1.54) is 12.1 Å². The number of amides is 2. The Labute approximate surface area is 180 Å². The fourth-order valence-corrected chi connectivity index (χ4v) is 3.65. The SMILES string of the molecule is Cc1ccnn1-c1ccc(C(=O)N2CCN(CC(=O)Nc3cccc(F)c3)CC2)cc1. The molecule has 4 rings (SSSR count). The van der Waals surface area contributed by atoms with Gasteiger partial charge in [-0.2, -0.15) is 5.10 Å². The maximum atomic E-state index is 13.2. The van der Waals surface area contributed by atoms with Crippen molar-refractivity contribution in [1.82, 2.24) is 19.6 Å². The molecule has 2 heterocycles. The first-order valence-corrected chi connectivity index (χ1v) is 10.2. The predicted octanol–water partition coefficient (Wildman–Crippen LogP) is 2.72. The van der Waals surface area contributed by atoms with Crippen molar-refractivity contribution in [1.29, 1.82) is 0 Å². The summed E-state index contributed by atoms with van der Waals surface area (Å²) >= 11 is 0. The highest BCUT2D eigenvalue weighted by atomic mass is 19.1. The monoisotopic (exact) mass is 421 g/mol. The summed E-state index contributed by atoms with van der Waals surface area (Å²) in [6.07, 6.45) is 1.74. The molecule has 0 radical (unpaired) electrons. The Morgan fingerprint density at radius 1 is 1.03 bits per heavy atom. The number of hydrogen-bond acceptors (Lipinski definition) is 4. The maximum Gasteiger partial charge on any atom is 0.253 e. The zero-order chi connectivity index (χ0) is 21.8. The van der Waals surface area contributed by atoms with E-state index >= 15 is 0 Å². The van der Waals surface area contributed by atoms with Crippen molar-refractivity contribution in [2.45, 2.75) is 6.92 Å². The average molecular weight is 421 g/mol. The lowest BCUT2D eigenvalue weighted by Gasteiger charge is -2.34. The van der Waals surface area contributed by atoms with Crippen molar-refractivity contribution in [3.05, 3.63) is 77.9 Å². The van der Waals surface area contributed by atoms with Gasteiger partial charge in [-0.3, -0.25) is 14.5 Å². The van der Waals surface area contributed by atoms with Gasteiger partial charge < -0.3 is 10.2 Å². The fourth-order valence-electron chi connectivity index (χ4n) is 3.65. The van der Waals surface area contributed by atoms with E-state index in [2.05, 4.69) is 10.4 Å². The van der Waals surface area contributed by atoms with Crippen molar-refractivity contribution in [3.8, 4) is 5.69 Å². The minimum Gasteiger partial charge on any atom is -0.336 e. The highest BCUT2D eigenvalue weighted by Crippen LogP contribution is 2.14. The van der Waals surface area contributed by atoms with Crippen LogP contribution in [0.5, 0.6) is 0 Å². The zero-order valence-corrected chi connectivity index (χ0v) is 17.3. The number of rotatable bonds is 5. The second-order valence-electron chi connectivity index (χ2n) is 7.56. The van der Waals surface area contributed by atoms with Crippen molar-refractivity contribution in [3.63, 3.8) is 0 Å². The van der Waals surface area contributed by atoms with Gasteiger partial charge in [-0.15, -0.1) is 0 Å². The van der Waals surface area contributed by atoms with Crippen LogP contribution < -0.4 is 5.32 Å². The lowest BCUT2D eigenvalue weighted by molar-refractivity contribution is -0.117. The number of carbonyl (C=O) groups excluding carboxylic acids is 2. The summed E-state index contributed by atoms with van der Waals surface area (Å²) in [5, 5.41) is 6.98. The highest BCUT2D eigenvalue weighted by molar-refractivity contribution is 5.94. The minimum atomic E-state index is -0.391.